The second-order valence-corrected chi connectivity index (χ2v) is 5.47. The van der Waals surface area contributed by atoms with Crippen LogP contribution in [0.2, 0.25) is 0 Å². The smallest absolute Gasteiger partial charge is 0.258 e. The van der Waals surface area contributed by atoms with Crippen LogP contribution in [0.15, 0.2) is 35.3 Å². The molecule has 1 fully saturated rings. The average molecular weight is 287 g/mol. The molecule has 0 unspecified atom stereocenters. The molecule has 2 heterocycles. The third kappa shape index (κ3) is 3.68. The maximum absolute atomic E-state index is 11.9. The number of pyridine rings is 1. The number of fused-ring (bicyclic) bond motifs is 1. The van der Waals surface area contributed by atoms with Crippen molar-refractivity contribution < 1.29 is 4.74 Å². The van der Waals surface area contributed by atoms with E-state index in [2.05, 4.69) is 10.3 Å². The van der Waals surface area contributed by atoms with E-state index in [0.29, 0.717) is 18.3 Å². The Hall–Kier alpha value is -1.72. The molecule has 1 aliphatic rings. The Morgan fingerprint density at radius 3 is 3.05 bits per heavy atom. The molecule has 0 spiro atoms. The summed E-state index contributed by atoms with van der Waals surface area (Å²) in [6, 6.07) is 7.13. The molecule has 2 aromatic rings. The van der Waals surface area contributed by atoms with Crippen LogP contribution in [0.3, 0.4) is 0 Å². The molecule has 0 radical (unpaired) electrons. The Morgan fingerprint density at radius 1 is 1.33 bits per heavy atom. The van der Waals surface area contributed by atoms with E-state index in [1.54, 1.807) is 16.7 Å². The standard InChI is InChI=1S/C16H21N3O2/c20-16-11-13(18-15-7-3-4-9-19(15)16)12-17-8-10-21-14-5-1-2-6-14/h3-4,7,9,11,14,17H,1-2,5-6,8,10,12H2. The minimum atomic E-state index is -0.0420. The van der Waals surface area contributed by atoms with Crippen LogP contribution < -0.4 is 10.9 Å². The lowest BCUT2D eigenvalue weighted by Gasteiger charge is -2.11. The van der Waals surface area contributed by atoms with E-state index in [4.69, 9.17) is 4.74 Å². The van der Waals surface area contributed by atoms with Gasteiger partial charge in [0, 0.05) is 25.4 Å². The third-order valence-corrected chi connectivity index (χ3v) is 3.86. The van der Waals surface area contributed by atoms with E-state index in [-0.39, 0.29) is 5.56 Å². The van der Waals surface area contributed by atoms with Crippen LogP contribution in [0.25, 0.3) is 5.65 Å². The fourth-order valence-electron chi connectivity index (χ4n) is 2.76. The monoisotopic (exact) mass is 287 g/mol. The van der Waals surface area contributed by atoms with E-state index >= 15 is 0 Å². The van der Waals surface area contributed by atoms with Crippen LogP contribution in [-0.4, -0.2) is 28.6 Å². The molecule has 3 rings (SSSR count). The lowest BCUT2D eigenvalue weighted by atomic mass is 10.3. The molecule has 5 heteroatoms. The fourth-order valence-corrected chi connectivity index (χ4v) is 2.76. The van der Waals surface area contributed by atoms with Gasteiger partial charge in [-0.3, -0.25) is 9.20 Å². The number of hydrogen-bond donors (Lipinski definition) is 1. The van der Waals surface area contributed by atoms with Crippen LogP contribution in [0.1, 0.15) is 31.4 Å². The summed E-state index contributed by atoms with van der Waals surface area (Å²) < 4.78 is 7.33. The molecule has 1 aliphatic carbocycles. The molecule has 112 valence electrons. The summed E-state index contributed by atoms with van der Waals surface area (Å²) in [5.41, 5.74) is 1.41. The van der Waals surface area contributed by atoms with Crippen LogP contribution in [0.4, 0.5) is 0 Å². The summed E-state index contributed by atoms with van der Waals surface area (Å²) in [5.74, 6) is 0. The van der Waals surface area contributed by atoms with Gasteiger partial charge in [-0.2, -0.15) is 0 Å². The van der Waals surface area contributed by atoms with Gasteiger partial charge in [0.25, 0.3) is 5.56 Å². The van der Waals surface area contributed by atoms with E-state index in [0.717, 1.165) is 18.8 Å². The number of aromatic nitrogens is 2. The number of hydrogen-bond acceptors (Lipinski definition) is 4. The molecule has 0 aromatic carbocycles. The van der Waals surface area contributed by atoms with E-state index in [1.807, 2.05) is 18.2 Å². The summed E-state index contributed by atoms with van der Waals surface area (Å²) >= 11 is 0. The zero-order chi connectivity index (χ0) is 14.5. The molecule has 2 aromatic heterocycles. The maximum Gasteiger partial charge on any atom is 0.258 e. The lowest BCUT2D eigenvalue weighted by Crippen LogP contribution is -2.24. The highest BCUT2D eigenvalue weighted by atomic mass is 16.5. The molecular weight excluding hydrogens is 266 g/mol. The summed E-state index contributed by atoms with van der Waals surface area (Å²) in [4.78, 5) is 16.4. The lowest BCUT2D eigenvalue weighted by molar-refractivity contribution is 0.0602. The minimum Gasteiger partial charge on any atom is -0.377 e. The predicted octanol–water partition coefficient (Wildman–Crippen LogP) is 1.74. The first-order valence-corrected chi connectivity index (χ1v) is 7.62. The van der Waals surface area contributed by atoms with Crippen molar-refractivity contribution in [3.05, 3.63) is 46.5 Å². The van der Waals surface area contributed by atoms with Crippen molar-refractivity contribution >= 4 is 5.65 Å². The van der Waals surface area contributed by atoms with E-state index in [9.17, 15) is 4.79 Å². The number of rotatable bonds is 6. The molecule has 0 bridgehead atoms. The Labute approximate surface area is 124 Å². The van der Waals surface area contributed by atoms with Crippen molar-refractivity contribution in [3.8, 4) is 0 Å². The van der Waals surface area contributed by atoms with Crippen molar-refractivity contribution in [3.63, 3.8) is 0 Å². The van der Waals surface area contributed by atoms with Gasteiger partial charge >= 0.3 is 0 Å². The zero-order valence-electron chi connectivity index (χ0n) is 12.1. The maximum atomic E-state index is 11.9. The van der Waals surface area contributed by atoms with Crippen LogP contribution >= 0.6 is 0 Å². The molecule has 0 saturated heterocycles. The number of ether oxygens (including phenoxy) is 1. The predicted molar refractivity (Wildman–Crippen MR) is 81.4 cm³/mol. The molecule has 1 N–H and O–H groups in total. The van der Waals surface area contributed by atoms with Gasteiger partial charge < -0.3 is 10.1 Å². The molecular formula is C16H21N3O2. The molecule has 1 saturated carbocycles. The fraction of sp³-hybridized carbons (Fsp3) is 0.500. The summed E-state index contributed by atoms with van der Waals surface area (Å²) in [6.07, 6.45) is 7.17. The summed E-state index contributed by atoms with van der Waals surface area (Å²) in [6.45, 7) is 2.10. The zero-order valence-corrected chi connectivity index (χ0v) is 12.1. The van der Waals surface area contributed by atoms with Gasteiger partial charge in [0.05, 0.1) is 18.4 Å². The van der Waals surface area contributed by atoms with Gasteiger partial charge in [-0.1, -0.05) is 18.9 Å². The van der Waals surface area contributed by atoms with Crippen molar-refractivity contribution in [2.75, 3.05) is 13.2 Å². The summed E-state index contributed by atoms with van der Waals surface area (Å²) in [7, 11) is 0. The number of nitrogens with one attached hydrogen (secondary N) is 1. The first-order chi connectivity index (χ1) is 10.3. The first kappa shape index (κ1) is 14.2. The Kier molecular flexibility index (Phi) is 4.62. The summed E-state index contributed by atoms with van der Waals surface area (Å²) in [5, 5.41) is 3.28. The second kappa shape index (κ2) is 6.83. The first-order valence-electron chi connectivity index (χ1n) is 7.62. The normalized spacial score (nSPS) is 15.8. The van der Waals surface area contributed by atoms with Gasteiger partial charge in [-0.15, -0.1) is 0 Å². The van der Waals surface area contributed by atoms with Gasteiger partial charge in [0.2, 0.25) is 0 Å². The van der Waals surface area contributed by atoms with Crippen LogP contribution in [0, 0.1) is 0 Å². The average Bonchev–Trinajstić information content (AvgIpc) is 3.00. The topological polar surface area (TPSA) is 55.6 Å². The van der Waals surface area contributed by atoms with Crippen molar-refractivity contribution in [1.29, 1.82) is 0 Å². The number of nitrogens with zero attached hydrogens (tertiary/aromatic N) is 2. The quantitative estimate of drug-likeness (QED) is 0.822. The molecule has 0 aliphatic heterocycles. The molecule has 0 atom stereocenters. The SMILES string of the molecule is O=c1cc(CNCCOC2CCCC2)nc2ccccn12. The molecule has 0 amide bonds. The third-order valence-electron chi connectivity index (χ3n) is 3.86. The second-order valence-electron chi connectivity index (χ2n) is 5.47. The van der Waals surface area contributed by atoms with Crippen molar-refractivity contribution in [2.45, 2.75) is 38.3 Å². The highest BCUT2D eigenvalue weighted by Gasteiger charge is 2.14. The van der Waals surface area contributed by atoms with Gasteiger partial charge in [-0.05, 0) is 25.0 Å². The minimum absolute atomic E-state index is 0.0420. The van der Waals surface area contributed by atoms with Gasteiger partial charge in [0.15, 0.2) is 0 Å². The molecule has 5 nitrogen and oxygen atoms in total. The van der Waals surface area contributed by atoms with Crippen molar-refractivity contribution in [2.24, 2.45) is 0 Å². The van der Waals surface area contributed by atoms with Crippen LogP contribution in [-0.2, 0) is 11.3 Å². The van der Waals surface area contributed by atoms with E-state index in [1.165, 1.54) is 25.7 Å². The highest BCUT2D eigenvalue weighted by Crippen LogP contribution is 2.20. The molecule has 21 heavy (non-hydrogen) atoms. The Morgan fingerprint density at radius 2 is 2.19 bits per heavy atom. The largest absolute Gasteiger partial charge is 0.377 e. The van der Waals surface area contributed by atoms with E-state index < -0.39 is 0 Å². The Balaban J connectivity index is 1.50. The Bertz CT molecular complexity index is 647. The highest BCUT2D eigenvalue weighted by molar-refractivity contribution is 5.37. The van der Waals surface area contributed by atoms with Crippen LogP contribution in [0.5, 0.6) is 0 Å². The van der Waals surface area contributed by atoms with Gasteiger partial charge in [0.1, 0.15) is 5.65 Å². The van der Waals surface area contributed by atoms with Gasteiger partial charge in [-0.25, -0.2) is 4.98 Å². The van der Waals surface area contributed by atoms with Crippen molar-refractivity contribution in [1.82, 2.24) is 14.7 Å².